The fourth-order valence-electron chi connectivity index (χ4n) is 3.92. The molecule has 1 aromatic heterocycles. The zero-order valence-electron chi connectivity index (χ0n) is 15.9. The predicted octanol–water partition coefficient (Wildman–Crippen LogP) is 4.42. The Balaban J connectivity index is 1.44. The van der Waals surface area contributed by atoms with Gasteiger partial charge >= 0.3 is 0 Å². The van der Waals surface area contributed by atoms with E-state index in [1.807, 2.05) is 36.4 Å². The molecule has 4 rings (SSSR count). The molecule has 6 heteroatoms. The van der Waals surface area contributed by atoms with Crippen LogP contribution in [0.15, 0.2) is 52.5 Å². The highest BCUT2D eigenvalue weighted by Gasteiger charge is 2.27. The molecular weight excluding hydrogens is 370 g/mol. The summed E-state index contributed by atoms with van der Waals surface area (Å²) in [6.45, 7) is 0.504. The van der Waals surface area contributed by atoms with Gasteiger partial charge in [-0.3, -0.25) is 9.59 Å². The summed E-state index contributed by atoms with van der Waals surface area (Å²) in [6.07, 6.45) is 8.67. The summed E-state index contributed by atoms with van der Waals surface area (Å²) in [6, 6.07) is 11.8. The number of nitrogens with one attached hydrogen (secondary N) is 1. The molecule has 2 heterocycles. The molecule has 0 saturated heterocycles. The van der Waals surface area contributed by atoms with Gasteiger partial charge in [0.2, 0.25) is 5.91 Å². The van der Waals surface area contributed by atoms with Gasteiger partial charge in [-0.25, -0.2) is 4.98 Å². The zero-order valence-corrected chi connectivity index (χ0v) is 16.7. The minimum atomic E-state index is -0.0254. The van der Waals surface area contributed by atoms with Crippen molar-refractivity contribution < 1.29 is 9.59 Å². The van der Waals surface area contributed by atoms with Crippen LogP contribution in [0.3, 0.4) is 0 Å². The number of carbonyl (C=O) groups excluding carboxylic acids is 2. The van der Waals surface area contributed by atoms with Crippen LogP contribution in [0, 0.1) is 0 Å². The molecule has 5 nitrogen and oxygen atoms in total. The zero-order chi connectivity index (χ0) is 19.3. The van der Waals surface area contributed by atoms with Crippen molar-refractivity contribution in [3.05, 3.63) is 48.2 Å². The number of amides is 2. The predicted molar refractivity (Wildman–Crippen MR) is 111 cm³/mol. The Hall–Kier alpha value is -2.34. The van der Waals surface area contributed by atoms with Gasteiger partial charge in [-0.1, -0.05) is 43.2 Å². The average molecular weight is 396 g/mol. The van der Waals surface area contributed by atoms with E-state index in [0.29, 0.717) is 31.0 Å². The van der Waals surface area contributed by atoms with Crippen molar-refractivity contribution in [2.24, 2.45) is 0 Å². The number of anilines is 1. The molecule has 1 aliphatic heterocycles. The number of rotatable bonds is 5. The van der Waals surface area contributed by atoms with E-state index in [2.05, 4.69) is 10.3 Å². The first-order chi connectivity index (χ1) is 13.7. The number of benzene rings is 1. The van der Waals surface area contributed by atoms with E-state index in [9.17, 15) is 9.59 Å². The fraction of sp³-hybridized carbons (Fsp3) is 0.409. The maximum Gasteiger partial charge on any atom is 0.259 e. The molecule has 1 N–H and O–H groups in total. The maximum absolute atomic E-state index is 13.2. The molecule has 0 spiro atoms. The minimum Gasteiger partial charge on any atom is -0.353 e. The van der Waals surface area contributed by atoms with Crippen LogP contribution in [0.4, 0.5) is 5.69 Å². The van der Waals surface area contributed by atoms with Crippen molar-refractivity contribution in [2.75, 3.05) is 11.4 Å². The first-order valence-electron chi connectivity index (χ1n) is 10.1. The smallest absolute Gasteiger partial charge is 0.259 e. The van der Waals surface area contributed by atoms with Gasteiger partial charge in [-0.15, -0.1) is 0 Å². The van der Waals surface area contributed by atoms with E-state index in [1.54, 1.807) is 11.1 Å². The van der Waals surface area contributed by atoms with E-state index in [0.717, 1.165) is 28.5 Å². The van der Waals surface area contributed by atoms with E-state index in [1.165, 1.54) is 31.0 Å². The van der Waals surface area contributed by atoms with E-state index in [-0.39, 0.29) is 11.8 Å². The van der Waals surface area contributed by atoms with Crippen LogP contribution in [0.1, 0.15) is 55.3 Å². The summed E-state index contributed by atoms with van der Waals surface area (Å²) in [5.74, 6) is 0.0675. The van der Waals surface area contributed by atoms with Gasteiger partial charge in [0.25, 0.3) is 5.91 Å². The van der Waals surface area contributed by atoms with Crippen LogP contribution in [0.25, 0.3) is 0 Å². The topological polar surface area (TPSA) is 62.3 Å². The van der Waals surface area contributed by atoms with Gasteiger partial charge in [-0.05, 0) is 43.5 Å². The Labute approximate surface area is 169 Å². The third kappa shape index (κ3) is 4.22. The molecule has 0 unspecified atom stereocenters. The number of hydrogen-bond donors (Lipinski definition) is 1. The molecule has 0 bridgehead atoms. The van der Waals surface area contributed by atoms with Crippen molar-refractivity contribution >= 4 is 29.3 Å². The molecule has 146 valence electrons. The van der Waals surface area contributed by atoms with Gasteiger partial charge in [0.15, 0.2) is 0 Å². The Kier molecular flexibility index (Phi) is 5.95. The number of pyridine rings is 1. The lowest BCUT2D eigenvalue weighted by molar-refractivity contribution is -0.122. The van der Waals surface area contributed by atoms with Gasteiger partial charge in [0.05, 0.1) is 11.3 Å². The fourth-order valence-corrected chi connectivity index (χ4v) is 4.94. The number of fused-ring (bicyclic) bond motifs is 2. The molecule has 0 atom stereocenters. The largest absolute Gasteiger partial charge is 0.353 e. The molecule has 1 aromatic carbocycles. The first kappa shape index (κ1) is 19.0. The second-order valence-corrected chi connectivity index (χ2v) is 8.42. The number of nitrogens with zero attached hydrogens (tertiary/aromatic N) is 2. The Morgan fingerprint density at radius 2 is 1.96 bits per heavy atom. The number of carbonyl (C=O) groups is 2. The monoisotopic (exact) mass is 395 g/mol. The summed E-state index contributed by atoms with van der Waals surface area (Å²) in [4.78, 5) is 32.7. The molecule has 0 radical (unpaired) electrons. The Morgan fingerprint density at radius 1 is 1.14 bits per heavy atom. The summed E-state index contributed by atoms with van der Waals surface area (Å²) in [5.41, 5.74) is 1.51. The van der Waals surface area contributed by atoms with Gasteiger partial charge < -0.3 is 10.2 Å². The van der Waals surface area contributed by atoms with E-state index in [4.69, 9.17) is 0 Å². The normalized spacial score (nSPS) is 16.9. The molecule has 1 aliphatic carbocycles. The number of aromatic nitrogens is 1. The Morgan fingerprint density at radius 3 is 2.82 bits per heavy atom. The van der Waals surface area contributed by atoms with Crippen LogP contribution in [0.5, 0.6) is 0 Å². The highest BCUT2D eigenvalue weighted by atomic mass is 32.2. The van der Waals surface area contributed by atoms with Gasteiger partial charge in [-0.2, -0.15) is 0 Å². The second kappa shape index (κ2) is 8.78. The molecule has 2 amide bonds. The lowest BCUT2D eigenvalue weighted by Gasteiger charge is -2.24. The molecule has 2 aromatic rings. The SMILES string of the molecule is O=C(CCCN1C(=O)c2ccccc2Sc2ncccc21)NC1CCCCC1. The quantitative estimate of drug-likeness (QED) is 0.814. The van der Waals surface area contributed by atoms with E-state index >= 15 is 0 Å². The molecular formula is C22H25N3O2S. The van der Waals surface area contributed by atoms with Crippen LogP contribution in [-0.2, 0) is 4.79 Å². The molecule has 2 aliphatic rings. The molecule has 1 fully saturated rings. The van der Waals surface area contributed by atoms with Crippen molar-refractivity contribution in [3.63, 3.8) is 0 Å². The minimum absolute atomic E-state index is 0.0254. The van der Waals surface area contributed by atoms with Gasteiger partial charge in [0, 0.05) is 30.1 Å². The average Bonchev–Trinajstić information content (AvgIpc) is 2.84. The van der Waals surface area contributed by atoms with Crippen LogP contribution < -0.4 is 10.2 Å². The lowest BCUT2D eigenvalue weighted by Crippen LogP contribution is -2.37. The first-order valence-corrected chi connectivity index (χ1v) is 10.9. The summed E-state index contributed by atoms with van der Waals surface area (Å²) >= 11 is 1.52. The lowest BCUT2D eigenvalue weighted by atomic mass is 9.95. The summed E-state index contributed by atoms with van der Waals surface area (Å²) < 4.78 is 0. The number of hydrogen-bond acceptors (Lipinski definition) is 4. The van der Waals surface area contributed by atoms with Crippen molar-refractivity contribution in [3.8, 4) is 0 Å². The molecule has 28 heavy (non-hydrogen) atoms. The standard InChI is InChI=1S/C22H25N3O2S/c26-20(24-16-8-2-1-3-9-16)13-7-15-25-18-11-6-14-23-21(18)28-19-12-5-4-10-17(19)22(25)27/h4-6,10-12,14,16H,1-3,7-9,13,15H2,(H,24,26). The Bertz CT molecular complexity index is 864. The highest BCUT2D eigenvalue weighted by molar-refractivity contribution is 7.99. The summed E-state index contributed by atoms with van der Waals surface area (Å²) in [5, 5.41) is 3.98. The van der Waals surface area contributed by atoms with Crippen LogP contribution in [-0.4, -0.2) is 29.4 Å². The van der Waals surface area contributed by atoms with Crippen LogP contribution >= 0.6 is 11.8 Å². The summed E-state index contributed by atoms with van der Waals surface area (Å²) in [7, 11) is 0. The van der Waals surface area contributed by atoms with Gasteiger partial charge in [0.1, 0.15) is 5.03 Å². The molecule has 1 saturated carbocycles. The van der Waals surface area contributed by atoms with E-state index < -0.39 is 0 Å². The van der Waals surface area contributed by atoms with Crippen molar-refractivity contribution in [1.82, 2.24) is 10.3 Å². The third-order valence-electron chi connectivity index (χ3n) is 5.37. The highest BCUT2D eigenvalue weighted by Crippen LogP contribution is 2.39. The van der Waals surface area contributed by atoms with Crippen LogP contribution in [0.2, 0.25) is 0 Å². The second-order valence-electron chi connectivity index (χ2n) is 7.39. The maximum atomic E-state index is 13.2. The van der Waals surface area contributed by atoms with Crippen molar-refractivity contribution in [2.45, 2.75) is 60.9 Å². The van der Waals surface area contributed by atoms with Crippen molar-refractivity contribution in [1.29, 1.82) is 0 Å². The third-order valence-corrected chi connectivity index (χ3v) is 6.45.